The number of aromatic nitrogens is 4. The maximum Gasteiger partial charge on any atom is 0.293 e. The molecule has 4 aromatic rings. The number of carbonyl (C=O) groups excluding carboxylic acids is 1. The van der Waals surface area contributed by atoms with Gasteiger partial charge < -0.3 is 5.32 Å². The summed E-state index contributed by atoms with van der Waals surface area (Å²) in [5, 5.41) is 12.2. The van der Waals surface area contributed by atoms with E-state index in [1.165, 1.54) is 4.68 Å². The molecule has 0 saturated carbocycles. The number of nitrogens with one attached hydrogen (secondary N) is 1. The van der Waals surface area contributed by atoms with Gasteiger partial charge in [0.25, 0.3) is 5.56 Å². The van der Waals surface area contributed by atoms with E-state index < -0.39 is 0 Å². The molecule has 1 N–H and O–H groups in total. The third-order valence-electron chi connectivity index (χ3n) is 4.84. The number of benzene rings is 2. The molecule has 29 heavy (non-hydrogen) atoms. The fraction of sp³-hybridized carbons (Fsp3) is 0.182. The van der Waals surface area contributed by atoms with E-state index in [0.717, 1.165) is 16.8 Å². The number of hydrogen-bond donors (Lipinski definition) is 1. The zero-order chi connectivity index (χ0) is 20.4. The summed E-state index contributed by atoms with van der Waals surface area (Å²) in [5.41, 5.74) is 3.54. The van der Waals surface area contributed by atoms with Gasteiger partial charge in [-0.1, -0.05) is 48.5 Å². The smallest absolute Gasteiger partial charge is 0.293 e. The summed E-state index contributed by atoms with van der Waals surface area (Å²) in [7, 11) is 0. The molecule has 0 fully saturated rings. The molecule has 0 bridgehead atoms. The Hall–Kier alpha value is -3.74. The van der Waals surface area contributed by atoms with Crippen molar-refractivity contribution in [2.45, 2.75) is 26.9 Å². The molecule has 0 spiro atoms. The molecule has 7 nitrogen and oxygen atoms in total. The molecular weight excluding hydrogens is 366 g/mol. The van der Waals surface area contributed by atoms with Gasteiger partial charge in [0.1, 0.15) is 12.1 Å². The van der Waals surface area contributed by atoms with E-state index >= 15 is 0 Å². The van der Waals surface area contributed by atoms with Crippen molar-refractivity contribution in [2.24, 2.45) is 0 Å². The van der Waals surface area contributed by atoms with E-state index in [2.05, 4.69) is 15.5 Å². The van der Waals surface area contributed by atoms with Crippen molar-refractivity contribution in [3.8, 4) is 5.69 Å². The van der Waals surface area contributed by atoms with Crippen molar-refractivity contribution in [2.75, 3.05) is 0 Å². The van der Waals surface area contributed by atoms with Crippen LogP contribution >= 0.6 is 0 Å². The second-order valence-corrected chi connectivity index (χ2v) is 6.92. The quantitative estimate of drug-likeness (QED) is 0.570. The molecule has 2 aromatic heterocycles. The first-order chi connectivity index (χ1) is 14.0. The van der Waals surface area contributed by atoms with Crippen LogP contribution in [0.2, 0.25) is 0 Å². The Morgan fingerprint density at radius 3 is 2.52 bits per heavy atom. The van der Waals surface area contributed by atoms with Crippen molar-refractivity contribution in [1.29, 1.82) is 0 Å². The van der Waals surface area contributed by atoms with Crippen molar-refractivity contribution in [1.82, 2.24) is 24.9 Å². The van der Waals surface area contributed by atoms with Crippen LogP contribution in [0.25, 0.3) is 16.6 Å². The summed E-state index contributed by atoms with van der Waals surface area (Å²) in [4.78, 5) is 25.5. The molecule has 1 amide bonds. The molecule has 0 saturated heterocycles. The molecule has 146 valence electrons. The summed E-state index contributed by atoms with van der Waals surface area (Å²) in [6.45, 7) is 4.02. The van der Waals surface area contributed by atoms with Gasteiger partial charge in [-0.05, 0) is 31.0 Å². The molecule has 4 rings (SSSR count). The van der Waals surface area contributed by atoms with Crippen LogP contribution in [0.3, 0.4) is 0 Å². The van der Waals surface area contributed by atoms with E-state index in [9.17, 15) is 9.59 Å². The van der Waals surface area contributed by atoms with Gasteiger partial charge >= 0.3 is 0 Å². The zero-order valence-electron chi connectivity index (χ0n) is 16.3. The molecule has 0 atom stereocenters. The van der Waals surface area contributed by atoms with Gasteiger partial charge in [0.05, 0.1) is 17.6 Å². The van der Waals surface area contributed by atoms with Gasteiger partial charge in [-0.15, -0.1) is 0 Å². The Balaban J connectivity index is 1.66. The maximum absolute atomic E-state index is 13.1. The highest BCUT2D eigenvalue weighted by molar-refractivity contribution is 5.82. The van der Waals surface area contributed by atoms with Crippen LogP contribution < -0.4 is 10.9 Å². The largest absolute Gasteiger partial charge is 0.350 e. The highest BCUT2D eigenvalue weighted by atomic mass is 16.2. The lowest BCUT2D eigenvalue weighted by Gasteiger charge is -2.10. The number of aryl methyl sites for hydroxylation is 2. The highest BCUT2D eigenvalue weighted by Gasteiger charge is 2.17. The molecular formula is C22H21N5O2. The molecule has 7 heteroatoms. The average Bonchev–Trinajstić information content (AvgIpc) is 3.17. The molecule has 2 aromatic carbocycles. The zero-order valence-corrected chi connectivity index (χ0v) is 16.3. The second-order valence-electron chi connectivity index (χ2n) is 6.92. The second kappa shape index (κ2) is 7.71. The van der Waals surface area contributed by atoms with Crippen LogP contribution in [0.1, 0.15) is 16.8 Å². The minimum atomic E-state index is -0.346. The van der Waals surface area contributed by atoms with Crippen molar-refractivity contribution >= 4 is 16.8 Å². The Labute approximate surface area is 167 Å². The number of carbonyl (C=O) groups is 1. The summed E-state index contributed by atoms with van der Waals surface area (Å²) in [5.74, 6) is -0.274. The number of para-hydroxylation sites is 1. The average molecular weight is 387 g/mol. The number of nitrogens with zero attached hydrogens (tertiary/aromatic N) is 4. The lowest BCUT2D eigenvalue weighted by Crippen LogP contribution is -2.34. The van der Waals surface area contributed by atoms with E-state index in [4.69, 9.17) is 0 Å². The lowest BCUT2D eigenvalue weighted by molar-refractivity contribution is -0.122. The fourth-order valence-corrected chi connectivity index (χ4v) is 3.30. The highest BCUT2D eigenvalue weighted by Crippen LogP contribution is 2.19. The topological polar surface area (TPSA) is 81.8 Å². The van der Waals surface area contributed by atoms with Gasteiger partial charge in [0, 0.05) is 11.9 Å². The Bertz CT molecular complexity index is 1240. The monoisotopic (exact) mass is 387 g/mol. The van der Waals surface area contributed by atoms with Crippen LogP contribution in [0, 0.1) is 13.8 Å². The molecule has 0 aliphatic rings. The normalized spacial score (nSPS) is 11.0. The van der Waals surface area contributed by atoms with Crippen LogP contribution in [-0.4, -0.2) is 25.5 Å². The number of hydrogen-bond acceptors (Lipinski definition) is 4. The first-order valence-electron chi connectivity index (χ1n) is 9.36. The van der Waals surface area contributed by atoms with Crippen molar-refractivity contribution in [3.63, 3.8) is 0 Å². The van der Waals surface area contributed by atoms with Gasteiger partial charge in [0.15, 0.2) is 0 Å². The summed E-state index contributed by atoms with van der Waals surface area (Å²) in [6.07, 6.45) is 1.64. The van der Waals surface area contributed by atoms with Gasteiger partial charge in [-0.2, -0.15) is 10.2 Å². The SMILES string of the molecule is Cc1ccccc1-n1ncc2c(C)nn(CC(=O)NCc3ccccc3)c(=O)c21. The molecule has 0 unspecified atom stereocenters. The van der Waals surface area contributed by atoms with Crippen molar-refractivity contribution < 1.29 is 4.79 Å². The third kappa shape index (κ3) is 3.67. The van der Waals surface area contributed by atoms with Crippen LogP contribution in [0.4, 0.5) is 0 Å². The van der Waals surface area contributed by atoms with E-state index in [1.807, 2.05) is 68.4 Å². The summed E-state index contributed by atoms with van der Waals surface area (Å²) >= 11 is 0. The molecule has 0 aliphatic carbocycles. The first-order valence-corrected chi connectivity index (χ1v) is 9.36. The first kappa shape index (κ1) is 18.6. The Kier molecular flexibility index (Phi) is 4.95. The summed E-state index contributed by atoms with van der Waals surface area (Å²) in [6, 6.07) is 17.3. The minimum Gasteiger partial charge on any atom is -0.350 e. The standard InChI is InChI=1S/C22H21N5O2/c1-15-8-6-7-11-19(15)27-21-18(13-24-27)16(2)25-26(22(21)29)14-20(28)23-12-17-9-4-3-5-10-17/h3-11,13H,12,14H2,1-2H3,(H,23,28). The molecule has 2 heterocycles. The molecule has 0 radical (unpaired) electrons. The fourth-order valence-electron chi connectivity index (χ4n) is 3.30. The predicted molar refractivity (Wildman–Crippen MR) is 111 cm³/mol. The third-order valence-corrected chi connectivity index (χ3v) is 4.84. The van der Waals surface area contributed by atoms with E-state index in [0.29, 0.717) is 23.1 Å². The van der Waals surface area contributed by atoms with Gasteiger partial charge in [-0.25, -0.2) is 9.36 Å². The molecule has 0 aliphatic heterocycles. The van der Waals surface area contributed by atoms with E-state index in [1.54, 1.807) is 10.9 Å². The minimum absolute atomic E-state index is 0.151. The Morgan fingerprint density at radius 1 is 1.03 bits per heavy atom. The van der Waals surface area contributed by atoms with Crippen LogP contribution in [-0.2, 0) is 17.9 Å². The van der Waals surface area contributed by atoms with Gasteiger partial charge in [-0.3, -0.25) is 9.59 Å². The van der Waals surface area contributed by atoms with Gasteiger partial charge in [0.2, 0.25) is 5.91 Å². The number of fused-ring (bicyclic) bond motifs is 1. The number of amides is 1. The van der Waals surface area contributed by atoms with Crippen LogP contribution in [0.15, 0.2) is 65.6 Å². The number of rotatable bonds is 5. The van der Waals surface area contributed by atoms with E-state index in [-0.39, 0.29) is 18.0 Å². The van der Waals surface area contributed by atoms with Crippen molar-refractivity contribution in [3.05, 3.63) is 88.0 Å². The lowest BCUT2D eigenvalue weighted by atomic mass is 10.2. The summed E-state index contributed by atoms with van der Waals surface area (Å²) < 4.78 is 2.83. The maximum atomic E-state index is 13.1. The van der Waals surface area contributed by atoms with Crippen LogP contribution in [0.5, 0.6) is 0 Å². The Morgan fingerprint density at radius 2 is 1.76 bits per heavy atom. The predicted octanol–water partition coefficient (Wildman–Crippen LogP) is 2.52.